The van der Waals surface area contributed by atoms with Crippen molar-refractivity contribution in [3.63, 3.8) is 0 Å². The maximum atomic E-state index is 6.23. The fraction of sp³-hybridized carbons (Fsp3) is 0.938. The minimum atomic E-state index is 0. The molecule has 1 atom stereocenters. The van der Waals surface area contributed by atoms with E-state index in [4.69, 9.17) is 10.7 Å². The molecular formula is C16H31IN4. The topological polar surface area (TPSA) is 44.9 Å². The van der Waals surface area contributed by atoms with Gasteiger partial charge in [-0.1, -0.05) is 19.3 Å². The third kappa shape index (κ3) is 4.98. The first-order valence-electron chi connectivity index (χ1n) is 8.65. The normalized spacial score (nSPS) is 28.9. The van der Waals surface area contributed by atoms with Crippen LogP contribution in [0.1, 0.15) is 57.8 Å². The summed E-state index contributed by atoms with van der Waals surface area (Å²) < 4.78 is 0. The smallest absolute Gasteiger partial charge is 0.191 e. The maximum Gasteiger partial charge on any atom is 0.191 e. The average Bonchev–Trinajstić information content (AvgIpc) is 3.31. The van der Waals surface area contributed by atoms with Crippen LogP contribution in [0.4, 0.5) is 0 Å². The van der Waals surface area contributed by atoms with Gasteiger partial charge < -0.3 is 10.6 Å². The summed E-state index contributed by atoms with van der Waals surface area (Å²) in [5, 5.41) is 0. The van der Waals surface area contributed by atoms with Gasteiger partial charge in [-0.25, -0.2) is 0 Å². The van der Waals surface area contributed by atoms with Crippen LogP contribution in [0.5, 0.6) is 0 Å². The largest absolute Gasteiger partial charge is 0.370 e. The number of nitrogens with two attached hydrogens (primary N) is 1. The van der Waals surface area contributed by atoms with Gasteiger partial charge in [0.2, 0.25) is 0 Å². The summed E-state index contributed by atoms with van der Waals surface area (Å²) in [4.78, 5) is 9.77. The van der Waals surface area contributed by atoms with Gasteiger partial charge in [0.05, 0.1) is 6.54 Å². The van der Waals surface area contributed by atoms with E-state index in [1.165, 1.54) is 64.3 Å². The minimum absolute atomic E-state index is 0. The number of aliphatic imine (C=N–C) groups is 1. The van der Waals surface area contributed by atoms with E-state index in [1.807, 2.05) is 0 Å². The number of hydrogen-bond donors (Lipinski definition) is 1. The zero-order valence-electron chi connectivity index (χ0n) is 13.2. The second-order valence-electron chi connectivity index (χ2n) is 6.72. The van der Waals surface area contributed by atoms with Crippen molar-refractivity contribution in [1.29, 1.82) is 0 Å². The highest BCUT2D eigenvalue weighted by atomic mass is 127. The standard InChI is InChI=1S/C16H30N4.HI/c17-16(19-10-4-1-2-5-11-19)18-13-15-7-3-6-12-20(15)14-8-9-14;/h14-15H,1-13H2,(H2,17,18);1H. The molecule has 2 N–H and O–H groups in total. The van der Waals surface area contributed by atoms with Gasteiger partial charge in [0.1, 0.15) is 0 Å². The Bertz CT molecular complexity index is 335. The third-order valence-electron chi connectivity index (χ3n) is 5.08. The van der Waals surface area contributed by atoms with E-state index >= 15 is 0 Å². The van der Waals surface area contributed by atoms with Gasteiger partial charge in [0.15, 0.2) is 5.96 Å². The van der Waals surface area contributed by atoms with Crippen LogP contribution in [-0.4, -0.2) is 54.0 Å². The molecule has 122 valence electrons. The molecule has 2 aliphatic heterocycles. The molecule has 4 nitrogen and oxygen atoms in total. The Morgan fingerprint density at radius 1 is 0.905 bits per heavy atom. The van der Waals surface area contributed by atoms with E-state index in [9.17, 15) is 0 Å². The Morgan fingerprint density at radius 2 is 1.57 bits per heavy atom. The lowest BCUT2D eigenvalue weighted by molar-refractivity contribution is 0.144. The Hall–Kier alpha value is -0.0400. The highest BCUT2D eigenvalue weighted by Gasteiger charge is 2.35. The number of piperidine rings is 1. The molecule has 0 aromatic carbocycles. The minimum Gasteiger partial charge on any atom is -0.370 e. The summed E-state index contributed by atoms with van der Waals surface area (Å²) in [5.74, 6) is 0.799. The van der Waals surface area contributed by atoms with E-state index in [0.29, 0.717) is 6.04 Å². The van der Waals surface area contributed by atoms with Crippen molar-refractivity contribution in [2.75, 3.05) is 26.2 Å². The Balaban J connectivity index is 0.00000161. The fourth-order valence-corrected chi connectivity index (χ4v) is 3.70. The maximum absolute atomic E-state index is 6.23. The highest BCUT2D eigenvalue weighted by Crippen LogP contribution is 2.32. The lowest BCUT2D eigenvalue weighted by Gasteiger charge is -2.35. The molecule has 0 amide bonds. The zero-order chi connectivity index (χ0) is 13.8. The number of likely N-dealkylation sites (tertiary alicyclic amines) is 2. The van der Waals surface area contributed by atoms with Gasteiger partial charge in [-0.2, -0.15) is 0 Å². The van der Waals surface area contributed by atoms with Gasteiger partial charge in [0, 0.05) is 25.2 Å². The second kappa shape index (κ2) is 8.56. The lowest BCUT2D eigenvalue weighted by atomic mass is 10.0. The molecule has 2 heterocycles. The molecule has 0 bridgehead atoms. The van der Waals surface area contributed by atoms with Crippen LogP contribution in [-0.2, 0) is 0 Å². The van der Waals surface area contributed by atoms with Gasteiger partial charge in [0.25, 0.3) is 0 Å². The van der Waals surface area contributed by atoms with Crippen molar-refractivity contribution < 1.29 is 0 Å². The average molecular weight is 406 g/mol. The van der Waals surface area contributed by atoms with Crippen molar-refractivity contribution in [2.45, 2.75) is 69.9 Å². The van der Waals surface area contributed by atoms with E-state index in [-0.39, 0.29) is 24.0 Å². The first kappa shape index (κ1) is 17.3. The summed E-state index contributed by atoms with van der Waals surface area (Å²) in [6.45, 7) is 4.41. The molecule has 0 aromatic rings. The Morgan fingerprint density at radius 3 is 2.24 bits per heavy atom. The summed E-state index contributed by atoms with van der Waals surface area (Å²) in [6, 6.07) is 1.52. The van der Waals surface area contributed by atoms with Crippen LogP contribution < -0.4 is 5.73 Å². The molecule has 3 rings (SSSR count). The van der Waals surface area contributed by atoms with E-state index in [2.05, 4.69) is 9.80 Å². The first-order chi connectivity index (χ1) is 9.84. The highest BCUT2D eigenvalue weighted by molar-refractivity contribution is 14.0. The van der Waals surface area contributed by atoms with Crippen molar-refractivity contribution in [1.82, 2.24) is 9.80 Å². The summed E-state index contributed by atoms with van der Waals surface area (Å²) in [7, 11) is 0. The van der Waals surface area contributed by atoms with Crippen molar-refractivity contribution in [3.8, 4) is 0 Å². The fourth-order valence-electron chi connectivity index (χ4n) is 3.70. The number of nitrogens with zero attached hydrogens (tertiary/aromatic N) is 3. The monoisotopic (exact) mass is 406 g/mol. The molecular weight excluding hydrogens is 375 g/mol. The Kier molecular flexibility index (Phi) is 7.05. The van der Waals surface area contributed by atoms with E-state index in [0.717, 1.165) is 31.6 Å². The number of hydrogen-bond acceptors (Lipinski definition) is 2. The molecule has 5 heteroatoms. The number of rotatable bonds is 3. The van der Waals surface area contributed by atoms with Crippen LogP contribution in [0.2, 0.25) is 0 Å². The third-order valence-corrected chi connectivity index (χ3v) is 5.08. The van der Waals surface area contributed by atoms with Gasteiger partial charge in [-0.15, -0.1) is 24.0 Å². The molecule has 1 saturated carbocycles. The molecule has 2 saturated heterocycles. The summed E-state index contributed by atoms with van der Waals surface area (Å²) in [6.07, 6.45) is 12.1. The van der Waals surface area contributed by atoms with Crippen LogP contribution in [0.15, 0.2) is 4.99 Å². The van der Waals surface area contributed by atoms with Gasteiger partial charge in [-0.05, 0) is 45.1 Å². The number of halogens is 1. The second-order valence-corrected chi connectivity index (χ2v) is 6.72. The molecule has 1 aliphatic carbocycles. The quantitative estimate of drug-likeness (QED) is 0.446. The van der Waals surface area contributed by atoms with E-state index < -0.39 is 0 Å². The molecule has 1 unspecified atom stereocenters. The van der Waals surface area contributed by atoms with Crippen LogP contribution in [0, 0.1) is 0 Å². The molecule has 3 fully saturated rings. The predicted octanol–water partition coefficient (Wildman–Crippen LogP) is 2.81. The van der Waals surface area contributed by atoms with Crippen LogP contribution >= 0.6 is 24.0 Å². The number of guanidine groups is 1. The van der Waals surface area contributed by atoms with E-state index in [1.54, 1.807) is 0 Å². The summed E-state index contributed by atoms with van der Waals surface area (Å²) in [5.41, 5.74) is 6.23. The van der Waals surface area contributed by atoms with Crippen molar-refractivity contribution in [2.24, 2.45) is 10.7 Å². The van der Waals surface area contributed by atoms with Crippen LogP contribution in [0.25, 0.3) is 0 Å². The predicted molar refractivity (Wildman–Crippen MR) is 99.3 cm³/mol. The van der Waals surface area contributed by atoms with Crippen LogP contribution in [0.3, 0.4) is 0 Å². The molecule has 3 aliphatic rings. The van der Waals surface area contributed by atoms with Gasteiger partial charge in [-0.3, -0.25) is 9.89 Å². The molecule has 0 spiro atoms. The first-order valence-corrected chi connectivity index (χ1v) is 8.65. The molecule has 0 aromatic heterocycles. The van der Waals surface area contributed by atoms with Gasteiger partial charge >= 0.3 is 0 Å². The SMILES string of the molecule is I.NC(=NCC1CCCCN1C1CC1)N1CCCCCC1. The molecule has 21 heavy (non-hydrogen) atoms. The lowest BCUT2D eigenvalue weighted by Crippen LogP contribution is -2.44. The van der Waals surface area contributed by atoms with Crippen molar-refractivity contribution >= 4 is 29.9 Å². The molecule has 0 radical (unpaired) electrons. The Labute approximate surface area is 146 Å². The zero-order valence-corrected chi connectivity index (χ0v) is 15.5. The van der Waals surface area contributed by atoms with Crippen molar-refractivity contribution in [3.05, 3.63) is 0 Å². The summed E-state index contributed by atoms with van der Waals surface area (Å²) >= 11 is 0.